The first kappa shape index (κ1) is 18.7. The molecule has 29 heavy (non-hydrogen) atoms. The van der Waals surface area contributed by atoms with Gasteiger partial charge in [0.05, 0.1) is 6.54 Å². The van der Waals surface area contributed by atoms with Gasteiger partial charge in [-0.1, -0.05) is 48.5 Å². The minimum absolute atomic E-state index is 0.107. The summed E-state index contributed by atoms with van der Waals surface area (Å²) in [7, 11) is 0. The van der Waals surface area contributed by atoms with Crippen LogP contribution in [0.2, 0.25) is 0 Å². The van der Waals surface area contributed by atoms with Crippen LogP contribution >= 0.6 is 0 Å². The number of aromatic nitrogens is 2. The van der Waals surface area contributed by atoms with Gasteiger partial charge in [-0.3, -0.25) is 9.48 Å². The molecule has 0 unspecified atom stereocenters. The summed E-state index contributed by atoms with van der Waals surface area (Å²) in [4.78, 5) is 13.0. The van der Waals surface area contributed by atoms with Gasteiger partial charge in [-0.15, -0.1) is 0 Å². The van der Waals surface area contributed by atoms with E-state index in [9.17, 15) is 4.79 Å². The largest absolute Gasteiger partial charge is 0.322 e. The summed E-state index contributed by atoms with van der Waals surface area (Å²) in [6, 6.07) is 23.8. The van der Waals surface area contributed by atoms with Gasteiger partial charge in [0.15, 0.2) is 0 Å². The van der Waals surface area contributed by atoms with Crippen LogP contribution in [0.3, 0.4) is 0 Å². The van der Waals surface area contributed by atoms with Gasteiger partial charge >= 0.3 is 0 Å². The average Bonchev–Trinajstić information content (AvgIpc) is 3.24. The van der Waals surface area contributed by atoms with E-state index in [0.717, 1.165) is 34.5 Å². The smallest absolute Gasteiger partial charge is 0.256 e. The summed E-state index contributed by atoms with van der Waals surface area (Å²) in [5.74, 6) is -0.107. The first-order chi connectivity index (χ1) is 14.1. The molecular weight excluding hydrogens is 358 g/mol. The number of nitrogens with one attached hydrogen (secondary N) is 1. The van der Waals surface area contributed by atoms with E-state index in [1.165, 1.54) is 5.56 Å². The van der Waals surface area contributed by atoms with Gasteiger partial charge < -0.3 is 5.32 Å². The van der Waals surface area contributed by atoms with Crippen molar-refractivity contribution in [2.75, 3.05) is 5.32 Å². The number of nitrogens with zero attached hydrogens (tertiary/aromatic N) is 2. The normalized spacial score (nSPS) is 10.7. The zero-order valence-corrected chi connectivity index (χ0v) is 16.6. The van der Waals surface area contributed by atoms with E-state index >= 15 is 0 Å². The van der Waals surface area contributed by atoms with E-state index in [4.69, 9.17) is 0 Å². The molecule has 0 aliphatic heterocycles. The highest BCUT2D eigenvalue weighted by molar-refractivity contribution is 6.08. The maximum absolute atomic E-state index is 13.0. The third-order valence-electron chi connectivity index (χ3n) is 5.11. The van der Waals surface area contributed by atoms with Crippen molar-refractivity contribution in [1.82, 2.24) is 9.78 Å². The van der Waals surface area contributed by atoms with Gasteiger partial charge in [0.1, 0.15) is 0 Å². The SMILES string of the molecule is Cc1ccc(NC(=O)c2ccccc2-c2ccc(Cn3cccn3)cc2)cc1C. The lowest BCUT2D eigenvalue weighted by molar-refractivity contribution is 0.102. The summed E-state index contributed by atoms with van der Waals surface area (Å²) in [5.41, 5.74) is 6.92. The summed E-state index contributed by atoms with van der Waals surface area (Å²) in [5, 5.41) is 7.27. The highest BCUT2D eigenvalue weighted by Gasteiger charge is 2.13. The zero-order chi connectivity index (χ0) is 20.2. The van der Waals surface area contributed by atoms with Crippen LogP contribution in [0, 0.1) is 13.8 Å². The molecule has 1 amide bonds. The molecule has 1 aromatic heterocycles. The van der Waals surface area contributed by atoms with Crippen molar-refractivity contribution in [2.24, 2.45) is 0 Å². The van der Waals surface area contributed by atoms with Gasteiger partial charge in [-0.25, -0.2) is 0 Å². The number of carbonyl (C=O) groups is 1. The maximum atomic E-state index is 13.0. The number of hydrogen-bond donors (Lipinski definition) is 1. The van der Waals surface area contributed by atoms with Gasteiger partial charge in [-0.2, -0.15) is 5.10 Å². The summed E-state index contributed by atoms with van der Waals surface area (Å²) in [6.45, 7) is 4.83. The minimum Gasteiger partial charge on any atom is -0.322 e. The molecule has 0 bridgehead atoms. The number of carbonyl (C=O) groups excluding carboxylic acids is 1. The summed E-state index contributed by atoms with van der Waals surface area (Å²) >= 11 is 0. The Morgan fingerprint density at radius 3 is 2.45 bits per heavy atom. The molecule has 0 aliphatic carbocycles. The molecule has 4 rings (SSSR count). The third kappa shape index (κ3) is 4.27. The van der Waals surface area contributed by atoms with Crippen LogP contribution in [0.25, 0.3) is 11.1 Å². The lowest BCUT2D eigenvalue weighted by Crippen LogP contribution is -2.13. The number of amides is 1. The predicted molar refractivity (Wildman–Crippen MR) is 117 cm³/mol. The van der Waals surface area contributed by atoms with Gasteiger partial charge in [0.25, 0.3) is 5.91 Å². The molecular formula is C25H23N3O. The lowest BCUT2D eigenvalue weighted by Gasteiger charge is -2.12. The molecule has 0 fully saturated rings. The standard InChI is InChI=1S/C25H23N3O/c1-18-8-13-22(16-19(18)2)27-25(29)24-7-4-3-6-23(24)21-11-9-20(10-12-21)17-28-15-5-14-26-28/h3-16H,17H2,1-2H3,(H,27,29). The Morgan fingerprint density at radius 1 is 0.931 bits per heavy atom. The quantitative estimate of drug-likeness (QED) is 0.498. The molecule has 0 radical (unpaired) electrons. The van der Waals surface area contributed by atoms with Crippen LogP contribution in [0.1, 0.15) is 27.0 Å². The summed E-state index contributed by atoms with van der Waals surface area (Å²) in [6.07, 6.45) is 3.72. The molecule has 1 heterocycles. The minimum atomic E-state index is -0.107. The van der Waals surface area contributed by atoms with Gasteiger partial charge in [-0.05, 0) is 65.9 Å². The van der Waals surface area contributed by atoms with Crippen molar-refractivity contribution in [1.29, 1.82) is 0 Å². The molecule has 0 spiro atoms. The number of anilines is 1. The molecule has 3 aromatic carbocycles. The van der Waals surface area contributed by atoms with Crippen molar-refractivity contribution in [3.63, 3.8) is 0 Å². The Hall–Kier alpha value is -3.66. The van der Waals surface area contributed by atoms with Crippen LogP contribution in [-0.4, -0.2) is 15.7 Å². The van der Waals surface area contributed by atoms with Gasteiger partial charge in [0.2, 0.25) is 0 Å². The van der Waals surface area contributed by atoms with Crippen molar-refractivity contribution >= 4 is 11.6 Å². The van der Waals surface area contributed by atoms with Crippen molar-refractivity contribution in [2.45, 2.75) is 20.4 Å². The van der Waals surface area contributed by atoms with Crippen LogP contribution in [-0.2, 0) is 6.54 Å². The van der Waals surface area contributed by atoms with E-state index in [0.29, 0.717) is 5.56 Å². The molecule has 4 heteroatoms. The number of rotatable bonds is 5. The molecule has 0 atom stereocenters. The topological polar surface area (TPSA) is 46.9 Å². The highest BCUT2D eigenvalue weighted by atomic mass is 16.1. The predicted octanol–water partition coefficient (Wildman–Crippen LogP) is 5.47. The Balaban J connectivity index is 1.57. The second-order valence-electron chi connectivity index (χ2n) is 7.20. The fourth-order valence-electron chi connectivity index (χ4n) is 3.32. The molecule has 1 N–H and O–H groups in total. The van der Waals surface area contributed by atoms with Crippen LogP contribution in [0.15, 0.2) is 85.2 Å². The van der Waals surface area contributed by atoms with Crippen LogP contribution < -0.4 is 5.32 Å². The maximum Gasteiger partial charge on any atom is 0.256 e. The first-order valence-electron chi connectivity index (χ1n) is 9.64. The van der Waals surface area contributed by atoms with Crippen LogP contribution in [0.4, 0.5) is 5.69 Å². The van der Waals surface area contributed by atoms with Crippen molar-refractivity contribution < 1.29 is 4.79 Å². The van der Waals surface area contributed by atoms with E-state index in [-0.39, 0.29) is 5.91 Å². The first-order valence-corrected chi connectivity index (χ1v) is 9.64. The van der Waals surface area contributed by atoms with Crippen molar-refractivity contribution in [3.05, 3.63) is 107 Å². The van der Waals surface area contributed by atoms with E-state index < -0.39 is 0 Å². The highest BCUT2D eigenvalue weighted by Crippen LogP contribution is 2.25. The molecule has 0 saturated heterocycles. The Kier molecular flexibility index (Phi) is 5.25. The molecule has 0 aliphatic rings. The Morgan fingerprint density at radius 2 is 1.72 bits per heavy atom. The third-order valence-corrected chi connectivity index (χ3v) is 5.11. The van der Waals surface area contributed by atoms with E-state index in [1.54, 1.807) is 6.20 Å². The second-order valence-corrected chi connectivity index (χ2v) is 7.20. The lowest BCUT2D eigenvalue weighted by atomic mass is 9.98. The van der Waals surface area contributed by atoms with E-state index in [2.05, 4.69) is 41.6 Å². The fourth-order valence-corrected chi connectivity index (χ4v) is 3.32. The Labute approximate surface area is 170 Å². The summed E-state index contributed by atoms with van der Waals surface area (Å²) < 4.78 is 1.89. The number of benzene rings is 3. The molecule has 0 saturated carbocycles. The molecule has 144 valence electrons. The molecule has 4 aromatic rings. The number of aryl methyl sites for hydroxylation is 2. The zero-order valence-electron chi connectivity index (χ0n) is 16.6. The second kappa shape index (κ2) is 8.15. The molecule has 4 nitrogen and oxygen atoms in total. The number of hydrogen-bond acceptors (Lipinski definition) is 2. The van der Waals surface area contributed by atoms with E-state index in [1.807, 2.05) is 66.3 Å². The van der Waals surface area contributed by atoms with Crippen LogP contribution in [0.5, 0.6) is 0 Å². The monoisotopic (exact) mass is 381 g/mol. The Bertz CT molecular complexity index is 1130. The average molecular weight is 381 g/mol. The van der Waals surface area contributed by atoms with Gasteiger partial charge in [0, 0.05) is 23.6 Å². The van der Waals surface area contributed by atoms with Crippen molar-refractivity contribution in [3.8, 4) is 11.1 Å². The fraction of sp³-hybridized carbons (Fsp3) is 0.120.